The maximum atomic E-state index is 12.7. The van der Waals surface area contributed by atoms with Gasteiger partial charge in [-0.15, -0.1) is 11.8 Å². The topological polar surface area (TPSA) is 85.4 Å². The summed E-state index contributed by atoms with van der Waals surface area (Å²) in [5, 5.41) is 3.16. The van der Waals surface area contributed by atoms with Gasteiger partial charge in [0.2, 0.25) is 0 Å². The van der Waals surface area contributed by atoms with Gasteiger partial charge in [0.05, 0.1) is 11.3 Å². The fraction of sp³-hybridized carbons (Fsp3) is 0.0909. The molecule has 0 aliphatic rings. The first-order valence-corrected chi connectivity index (χ1v) is 9.97. The average Bonchev–Trinajstić information content (AvgIpc) is 2.78. The van der Waals surface area contributed by atoms with Crippen LogP contribution in [0.2, 0.25) is 0 Å². The molecule has 0 unspecified atom stereocenters. The van der Waals surface area contributed by atoms with E-state index in [0.29, 0.717) is 27.4 Å². The highest BCUT2D eigenvalue weighted by Crippen LogP contribution is 2.20. The van der Waals surface area contributed by atoms with E-state index < -0.39 is 18.5 Å². The smallest absolute Gasteiger partial charge is 0.341 e. The number of hydrogen-bond acceptors (Lipinski definition) is 6. The number of esters is 1. The molecule has 1 N–H and O–H groups in total. The van der Waals surface area contributed by atoms with Crippen LogP contribution in [0.3, 0.4) is 0 Å². The van der Waals surface area contributed by atoms with E-state index in [1.165, 1.54) is 11.8 Å². The number of hydrogen-bond donors (Lipinski definition) is 1. The first kappa shape index (κ1) is 20.3. The van der Waals surface area contributed by atoms with Gasteiger partial charge >= 0.3 is 5.97 Å². The second kappa shape index (κ2) is 9.66. The van der Waals surface area contributed by atoms with Gasteiger partial charge in [0.1, 0.15) is 5.03 Å². The van der Waals surface area contributed by atoms with Gasteiger partial charge in [-0.05, 0) is 30.5 Å². The highest BCUT2D eigenvalue weighted by Gasteiger charge is 2.17. The molecule has 0 aliphatic heterocycles. The lowest BCUT2D eigenvalue weighted by Crippen LogP contribution is -2.22. The molecule has 2 aromatic carbocycles. The molecule has 29 heavy (non-hydrogen) atoms. The largest absolute Gasteiger partial charge is 0.452 e. The van der Waals surface area contributed by atoms with Crippen LogP contribution in [0.15, 0.2) is 78.0 Å². The maximum absolute atomic E-state index is 12.7. The average molecular weight is 406 g/mol. The summed E-state index contributed by atoms with van der Waals surface area (Å²) in [5.74, 6) is -1.38. The van der Waals surface area contributed by atoms with Crippen LogP contribution in [0.4, 0.5) is 5.69 Å². The van der Waals surface area contributed by atoms with Crippen molar-refractivity contribution in [2.24, 2.45) is 0 Å². The van der Waals surface area contributed by atoms with Crippen LogP contribution < -0.4 is 5.32 Å². The molecule has 0 radical (unpaired) electrons. The Morgan fingerprint density at radius 2 is 1.62 bits per heavy atom. The van der Waals surface area contributed by atoms with Crippen molar-refractivity contribution in [3.63, 3.8) is 0 Å². The van der Waals surface area contributed by atoms with Gasteiger partial charge in [0, 0.05) is 17.3 Å². The third kappa shape index (κ3) is 5.08. The number of carbonyl (C=O) groups is 3. The van der Waals surface area contributed by atoms with E-state index in [1.54, 1.807) is 73.1 Å². The van der Waals surface area contributed by atoms with Crippen molar-refractivity contribution in [1.29, 1.82) is 0 Å². The summed E-state index contributed by atoms with van der Waals surface area (Å²) < 4.78 is 5.10. The highest BCUT2D eigenvalue weighted by atomic mass is 32.2. The molecule has 1 amide bonds. The molecule has 3 aromatic rings. The van der Waals surface area contributed by atoms with E-state index in [-0.39, 0.29) is 5.78 Å². The van der Waals surface area contributed by atoms with E-state index in [2.05, 4.69) is 10.3 Å². The third-order valence-corrected chi connectivity index (χ3v) is 4.71. The molecule has 146 valence electrons. The number of rotatable bonds is 7. The summed E-state index contributed by atoms with van der Waals surface area (Å²) >= 11 is 1.31. The first-order chi connectivity index (χ1) is 14.1. The van der Waals surface area contributed by atoms with E-state index >= 15 is 0 Å². The van der Waals surface area contributed by atoms with E-state index in [9.17, 15) is 14.4 Å². The predicted octanol–water partition coefficient (Wildman–Crippen LogP) is 3.83. The number of anilines is 1. The molecule has 0 fully saturated rings. The molecule has 0 saturated carbocycles. The van der Waals surface area contributed by atoms with Crippen molar-refractivity contribution < 1.29 is 19.1 Å². The van der Waals surface area contributed by atoms with Crippen LogP contribution in [0.5, 0.6) is 0 Å². The van der Waals surface area contributed by atoms with Crippen molar-refractivity contribution in [2.75, 3.05) is 18.2 Å². The Morgan fingerprint density at radius 1 is 0.931 bits per heavy atom. The normalized spacial score (nSPS) is 10.2. The van der Waals surface area contributed by atoms with Crippen LogP contribution >= 0.6 is 11.8 Å². The van der Waals surface area contributed by atoms with Crippen LogP contribution in [0.25, 0.3) is 0 Å². The molecule has 7 heteroatoms. The van der Waals surface area contributed by atoms with Crippen LogP contribution in [-0.2, 0) is 9.53 Å². The number of thioether (sulfide) groups is 1. The molecule has 0 bridgehead atoms. The lowest BCUT2D eigenvalue weighted by Gasteiger charge is -2.11. The predicted molar refractivity (Wildman–Crippen MR) is 111 cm³/mol. The van der Waals surface area contributed by atoms with E-state index in [1.807, 2.05) is 6.07 Å². The Bertz CT molecular complexity index is 1040. The number of ketones is 1. The molecular formula is C22H18N2O4S. The zero-order valence-electron chi connectivity index (χ0n) is 15.6. The highest BCUT2D eigenvalue weighted by molar-refractivity contribution is 7.98. The van der Waals surface area contributed by atoms with Crippen LogP contribution in [0, 0.1) is 0 Å². The molecule has 0 aliphatic carbocycles. The van der Waals surface area contributed by atoms with Gasteiger partial charge in [-0.2, -0.15) is 0 Å². The molecule has 0 saturated heterocycles. The third-order valence-electron chi connectivity index (χ3n) is 4.00. The minimum absolute atomic E-state index is 0.210. The number of benzene rings is 2. The second-order valence-corrected chi connectivity index (χ2v) is 6.72. The number of para-hydroxylation sites is 1. The van der Waals surface area contributed by atoms with Gasteiger partial charge in [-0.25, -0.2) is 9.78 Å². The minimum Gasteiger partial charge on any atom is -0.452 e. The van der Waals surface area contributed by atoms with Crippen LogP contribution in [-0.4, -0.2) is 35.5 Å². The lowest BCUT2D eigenvalue weighted by atomic mass is 10.0. The fourth-order valence-corrected chi connectivity index (χ4v) is 3.18. The summed E-state index contributed by atoms with van der Waals surface area (Å²) in [4.78, 5) is 41.3. The van der Waals surface area contributed by atoms with Crippen LogP contribution in [0.1, 0.15) is 26.3 Å². The number of aromatic nitrogens is 1. The molecule has 3 rings (SSSR count). The van der Waals surface area contributed by atoms with Crippen molar-refractivity contribution in [1.82, 2.24) is 4.98 Å². The number of nitrogens with one attached hydrogen (secondary N) is 1. The molecule has 0 spiro atoms. The molecule has 6 nitrogen and oxygen atoms in total. The van der Waals surface area contributed by atoms with Gasteiger partial charge in [0.15, 0.2) is 12.4 Å². The summed E-state index contributed by atoms with van der Waals surface area (Å²) in [5.41, 5.74) is 1.53. The lowest BCUT2D eigenvalue weighted by molar-refractivity contribution is -0.119. The maximum Gasteiger partial charge on any atom is 0.341 e. The van der Waals surface area contributed by atoms with Crippen molar-refractivity contribution >= 4 is 35.1 Å². The summed E-state index contributed by atoms with van der Waals surface area (Å²) in [7, 11) is 0. The Morgan fingerprint density at radius 3 is 2.38 bits per heavy atom. The number of ether oxygens (including phenoxy) is 1. The Balaban J connectivity index is 1.67. The Kier molecular flexibility index (Phi) is 6.76. The Labute approximate surface area is 172 Å². The molecule has 1 heterocycles. The zero-order valence-corrected chi connectivity index (χ0v) is 16.4. The summed E-state index contributed by atoms with van der Waals surface area (Å²) in [6, 6.07) is 18.7. The number of amides is 1. The van der Waals surface area contributed by atoms with Gasteiger partial charge in [0.25, 0.3) is 5.91 Å². The summed E-state index contributed by atoms with van der Waals surface area (Å²) in [6.45, 7) is -0.477. The number of carbonyl (C=O) groups excluding carboxylic acids is 3. The van der Waals surface area contributed by atoms with Gasteiger partial charge in [-0.1, -0.05) is 42.5 Å². The summed E-state index contributed by atoms with van der Waals surface area (Å²) in [6.07, 6.45) is 3.38. The zero-order chi connectivity index (χ0) is 20.6. The van der Waals surface area contributed by atoms with Crippen molar-refractivity contribution in [3.05, 3.63) is 89.6 Å². The van der Waals surface area contributed by atoms with E-state index in [0.717, 1.165) is 0 Å². The molecule has 0 atom stereocenters. The van der Waals surface area contributed by atoms with Crippen molar-refractivity contribution in [3.8, 4) is 0 Å². The SMILES string of the molecule is CSc1ncccc1C(=O)OCC(=O)Nc1ccccc1C(=O)c1ccccc1. The van der Waals surface area contributed by atoms with E-state index in [4.69, 9.17) is 4.74 Å². The standard InChI is InChI=1S/C22H18N2O4S/c1-29-21-17(11-7-13-23-21)22(27)28-14-19(25)24-18-12-6-5-10-16(18)20(26)15-8-3-2-4-9-15/h2-13H,14H2,1H3,(H,24,25). The van der Waals surface area contributed by atoms with Crippen molar-refractivity contribution in [2.45, 2.75) is 5.03 Å². The van der Waals surface area contributed by atoms with Gasteiger partial charge < -0.3 is 10.1 Å². The Hall–Kier alpha value is -3.45. The van der Waals surface area contributed by atoms with Gasteiger partial charge in [-0.3, -0.25) is 9.59 Å². The number of pyridine rings is 1. The fourth-order valence-electron chi connectivity index (χ4n) is 2.64. The second-order valence-electron chi connectivity index (χ2n) is 5.93. The first-order valence-electron chi connectivity index (χ1n) is 8.75. The minimum atomic E-state index is -0.633. The monoisotopic (exact) mass is 406 g/mol. The quantitative estimate of drug-likeness (QED) is 0.365. The molecule has 1 aromatic heterocycles. The molecular weight excluding hydrogens is 388 g/mol. The number of nitrogens with zero attached hydrogens (tertiary/aromatic N) is 1.